The van der Waals surface area contributed by atoms with Crippen LogP contribution in [0.5, 0.6) is 0 Å². The van der Waals surface area contributed by atoms with Crippen LogP contribution in [0.3, 0.4) is 0 Å². The molecule has 0 amide bonds. The Balaban J connectivity index is 2.29. The van der Waals surface area contributed by atoms with Crippen LogP contribution >= 0.6 is 0 Å². The summed E-state index contributed by atoms with van der Waals surface area (Å²) in [6.07, 6.45) is -3.04. The van der Waals surface area contributed by atoms with Crippen molar-refractivity contribution in [1.82, 2.24) is 20.1 Å². The average Bonchev–Trinajstić information content (AvgIpc) is 2.83. The summed E-state index contributed by atoms with van der Waals surface area (Å²) in [5.74, 6) is 0.559. The molecule has 0 saturated carbocycles. The van der Waals surface area contributed by atoms with Crippen LogP contribution in [0, 0.1) is 0 Å². The lowest BCUT2D eigenvalue weighted by Crippen LogP contribution is -2.35. The third-order valence-electron chi connectivity index (χ3n) is 2.81. The molecule has 0 atom stereocenters. The number of hydrogen-bond donors (Lipinski definition) is 1. The number of benzene rings is 1. The zero-order valence-electron chi connectivity index (χ0n) is 12.1. The van der Waals surface area contributed by atoms with Gasteiger partial charge < -0.3 is 5.32 Å². The summed E-state index contributed by atoms with van der Waals surface area (Å²) >= 11 is 0. The van der Waals surface area contributed by atoms with Gasteiger partial charge >= 0.3 is 6.18 Å². The van der Waals surface area contributed by atoms with Crippen molar-refractivity contribution in [3.63, 3.8) is 0 Å². The highest BCUT2D eigenvalue weighted by molar-refractivity contribution is 5.36. The molecule has 0 aliphatic rings. The van der Waals surface area contributed by atoms with Gasteiger partial charge in [-0.05, 0) is 39.0 Å². The van der Waals surface area contributed by atoms with E-state index in [0.717, 1.165) is 12.1 Å². The van der Waals surface area contributed by atoms with Crippen molar-refractivity contribution >= 4 is 0 Å². The summed E-state index contributed by atoms with van der Waals surface area (Å²) in [6.45, 7) is 6.41. The molecule has 0 aliphatic heterocycles. The van der Waals surface area contributed by atoms with Gasteiger partial charge in [0, 0.05) is 5.54 Å². The minimum absolute atomic E-state index is 0.120. The minimum Gasteiger partial charge on any atom is -0.305 e. The highest BCUT2D eigenvalue weighted by Gasteiger charge is 2.30. The quantitative estimate of drug-likeness (QED) is 0.946. The van der Waals surface area contributed by atoms with Gasteiger partial charge in [-0.25, -0.2) is 9.67 Å². The molecule has 0 aliphatic carbocycles. The van der Waals surface area contributed by atoms with Gasteiger partial charge in [0.2, 0.25) is 0 Å². The average molecular weight is 298 g/mol. The van der Waals surface area contributed by atoms with E-state index < -0.39 is 11.7 Å². The predicted octanol–water partition coefficient (Wildman–Crippen LogP) is 3.17. The van der Waals surface area contributed by atoms with Crippen molar-refractivity contribution in [3.05, 3.63) is 42.0 Å². The van der Waals surface area contributed by atoms with E-state index in [1.54, 1.807) is 6.07 Å². The number of hydrogen-bond acceptors (Lipinski definition) is 3. The molecule has 0 fully saturated rings. The van der Waals surface area contributed by atoms with E-state index in [0.29, 0.717) is 18.1 Å². The normalized spacial score (nSPS) is 12.7. The van der Waals surface area contributed by atoms with E-state index in [2.05, 4.69) is 15.4 Å². The Hall–Kier alpha value is -1.89. The van der Waals surface area contributed by atoms with Crippen LogP contribution < -0.4 is 5.32 Å². The summed E-state index contributed by atoms with van der Waals surface area (Å²) in [5.41, 5.74) is -0.483. The second-order valence-electron chi connectivity index (χ2n) is 5.74. The van der Waals surface area contributed by atoms with Gasteiger partial charge in [0.1, 0.15) is 12.2 Å². The van der Waals surface area contributed by atoms with Gasteiger partial charge in [-0.15, -0.1) is 0 Å². The molecule has 0 bridgehead atoms. The van der Waals surface area contributed by atoms with Crippen LogP contribution in [0.15, 0.2) is 30.6 Å². The molecule has 7 heteroatoms. The first-order valence-corrected chi connectivity index (χ1v) is 6.48. The van der Waals surface area contributed by atoms with E-state index in [1.165, 1.54) is 17.1 Å². The predicted molar refractivity (Wildman–Crippen MR) is 73.0 cm³/mol. The van der Waals surface area contributed by atoms with Gasteiger partial charge in [0.15, 0.2) is 0 Å². The molecule has 1 aromatic carbocycles. The molecule has 0 unspecified atom stereocenters. The Labute approximate surface area is 121 Å². The van der Waals surface area contributed by atoms with Gasteiger partial charge in [0.05, 0.1) is 17.8 Å². The fourth-order valence-electron chi connectivity index (χ4n) is 1.76. The van der Waals surface area contributed by atoms with E-state index in [-0.39, 0.29) is 5.54 Å². The summed E-state index contributed by atoms with van der Waals surface area (Å²) in [7, 11) is 0. The van der Waals surface area contributed by atoms with Crippen molar-refractivity contribution in [3.8, 4) is 5.69 Å². The van der Waals surface area contributed by atoms with Gasteiger partial charge in [-0.2, -0.15) is 18.3 Å². The monoisotopic (exact) mass is 298 g/mol. The van der Waals surface area contributed by atoms with Crippen LogP contribution in [-0.4, -0.2) is 20.3 Å². The van der Waals surface area contributed by atoms with Gasteiger partial charge in [-0.3, -0.25) is 0 Å². The fraction of sp³-hybridized carbons (Fsp3) is 0.429. The summed E-state index contributed by atoms with van der Waals surface area (Å²) in [4.78, 5) is 4.10. The Bertz CT molecular complexity index is 611. The Morgan fingerprint density at radius 3 is 2.52 bits per heavy atom. The second kappa shape index (κ2) is 5.48. The molecule has 1 heterocycles. The van der Waals surface area contributed by atoms with Crippen molar-refractivity contribution < 1.29 is 13.2 Å². The second-order valence-corrected chi connectivity index (χ2v) is 5.74. The molecule has 0 saturated heterocycles. The van der Waals surface area contributed by atoms with Crippen LogP contribution in [0.4, 0.5) is 13.2 Å². The van der Waals surface area contributed by atoms with Crippen molar-refractivity contribution in [1.29, 1.82) is 0 Å². The largest absolute Gasteiger partial charge is 0.416 e. The maximum Gasteiger partial charge on any atom is 0.416 e. The smallest absolute Gasteiger partial charge is 0.305 e. The maximum absolute atomic E-state index is 12.8. The molecule has 2 rings (SSSR count). The lowest BCUT2D eigenvalue weighted by atomic mass is 10.1. The summed E-state index contributed by atoms with van der Waals surface area (Å²) in [5, 5.41) is 7.24. The number of nitrogens with one attached hydrogen (secondary N) is 1. The van der Waals surface area contributed by atoms with Crippen molar-refractivity contribution in [2.24, 2.45) is 0 Å². The van der Waals surface area contributed by atoms with Crippen molar-refractivity contribution in [2.45, 2.75) is 39.0 Å². The lowest BCUT2D eigenvalue weighted by molar-refractivity contribution is -0.137. The zero-order valence-corrected chi connectivity index (χ0v) is 12.1. The molecule has 1 N–H and O–H groups in total. The number of rotatable bonds is 3. The van der Waals surface area contributed by atoms with Crippen LogP contribution in [-0.2, 0) is 12.7 Å². The van der Waals surface area contributed by atoms with E-state index in [9.17, 15) is 13.2 Å². The molecule has 0 spiro atoms. The third kappa shape index (κ3) is 4.04. The van der Waals surface area contributed by atoms with E-state index in [1.807, 2.05) is 20.8 Å². The first-order chi connectivity index (χ1) is 9.67. The minimum atomic E-state index is -4.37. The molecular weight excluding hydrogens is 281 g/mol. The third-order valence-corrected chi connectivity index (χ3v) is 2.81. The first-order valence-electron chi connectivity index (χ1n) is 6.48. The number of alkyl halides is 3. The SMILES string of the molecule is CC(C)(C)NCc1ncnn1-c1cccc(C(F)(F)F)c1. The molecule has 2 aromatic rings. The molecular formula is C14H17F3N4. The lowest BCUT2D eigenvalue weighted by Gasteiger charge is -2.20. The topological polar surface area (TPSA) is 42.7 Å². The highest BCUT2D eigenvalue weighted by atomic mass is 19.4. The van der Waals surface area contributed by atoms with Gasteiger partial charge in [-0.1, -0.05) is 6.07 Å². The molecule has 4 nitrogen and oxygen atoms in total. The van der Waals surface area contributed by atoms with Crippen LogP contribution in [0.25, 0.3) is 5.69 Å². The number of halogens is 3. The Morgan fingerprint density at radius 1 is 1.19 bits per heavy atom. The van der Waals surface area contributed by atoms with Crippen molar-refractivity contribution in [2.75, 3.05) is 0 Å². The maximum atomic E-state index is 12.8. The van der Waals surface area contributed by atoms with Gasteiger partial charge in [0.25, 0.3) is 0 Å². The first kappa shape index (κ1) is 15.5. The molecule has 1 aromatic heterocycles. The standard InChI is InChI=1S/C14H17F3N4/c1-13(2,3)19-8-12-18-9-20-21(12)11-6-4-5-10(7-11)14(15,16)17/h4-7,9,19H,8H2,1-3H3. The highest BCUT2D eigenvalue weighted by Crippen LogP contribution is 2.30. The van der Waals surface area contributed by atoms with Crippen LogP contribution in [0.2, 0.25) is 0 Å². The van der Waals surface area contributed by atoms with Crippen LogP contribution in [0.1, 0.15) is 32.2 Å². The Morgan fingerprint density at radius 2 is 1.90 bits per heavy atom. The Kier molecular flexibility index (Phi) is 4.04. The summed E-state index contributed by atoms with van der Waals surface area (Å²) in [6, 6.07) is 5.04. The summed E-state index contributed by atoms with van der Waals surface area (Å²) < 4.78 is 39.7. The van der Waals surface area contributed by atoms with E-state index >= 15 is 0 Å². The zero-order chi connectivity index (χ0) is 15.7. The fourth-order valence-corrected chi connectivity index (χ4v) is 1.76. The molecule has 0 radical (unpaired) electrons. The number of nitrogens with zero attached hydrogens (tertiary/aromatic N) is 3. The number of aromatic nitrogens is 3. The molecule has 21 heavy (non-hydrogen) atoms. The van der Waals surface area contributed by atoms with E-state index in [4.69, 9.17) is 0 Å². The molecule has 114 valence electrons.